The van der Waals surface area contributed by atoms with Gasteiger partial charge in [0.1, 0.15) is 6.61 Å². The lowest BCUT2D eigenvalue weighted by Crippen LogP contribution is -2.21. The molecule has 17 heavy (non-hydrogen) atoms. The van der Waals surface area contributed by atoms with Gasteiger partial charge in [0.05, 0.1) is 5.69 Å². The fourth-order valence-corrected chi connectivity index (χ4v) is 1.32. The third-order valence-electron chi connectivity index (χ3n) is 2.24. The van der Waals surface area contributed by atoms with Crippen molar-refractivity contribution in [3.05, 3.63) is 30.2 Å². The number of nitrogens with one attached hydrogen (secondary N) is 1. The van der Waals surface area contributed by atoms with Gasteiger partial charge < -0.3 is 14.6 Å². The van der Waals surface area contributed by atoms with Crippen molar-refractivity contribution in [2.45, 2.75) is 45.9 Å². The summed E-state index contributed by atoms with van der Waals surface area (Å²) in [6.07, 6.45) is 3.88. The Kier molecular flexibility index (Phi) is 6.58. The van der Waals surface area contributed by atoms with Crippen LogP contribution in [0.15, 0.2) is 23.2 Å². The van der Waals surface area contributed by atoms with Crippen LogP contribution < -0.4 is 5.32 Å². The van der Waals surface area contributed by atoms with Crippen molar-refractivity contribution < 1.29 is 9.26 Å². The molecule has 1 N–H and O–H groups in total. The van der Waals surface area contributed by atoms with Gasteiger partial charge in [0.2, 0.25) is 0 Å². The molecule has 4 heteroatoms. The van der Waals surface area contributed by atoms with Gasteiger partial charge in [-0.05, 0) is 12.8 Å². The Morgan fingerprint density at radius 3 is 3.12 bits per heavy atom. The summed E-state index contributed by atoms with van der Waals surface area (Å²) >= 11 is 0. The first-order chi connectivity index (χ1) is 8.22. The van der Waals surface area contributed by atoms with Crippen LogP contribution >= 0.6 is 0 Å². The second-order valence-corrected chi connectivity index (χ2v) is 4.30. The van der Waals surface area contributed by atoms with Crippen LogP contribution in [-0.2, 0) is 17.9 Å². The second-order valence-electron chi connectivity index (χ2n) is 4.30. The smallest absolute Gasteiger partial charge is 0.162 e. The number of allylic oxidation sites excluding steroid dienone is 1. The Bertz CT molecular complexity index is 321. The lowest BCUT2D eigenvalue weighted by molar-refractivity contribution is 0.0995. The molecule has 0 aliphatic rings. The lowest BCUT2D eigenvalue weighted by Gasteiger charge is -2.03. The Labute approximate surface area is 103 Å². The molecule has 4 nitrogen and oxygen atoms in total. The zero-order chi connectivity index (χ0) is 12.5. The number of hydrogen-bond acceptors (Lipinski definition) is 4. The summed E-state index contributed by atoms with van der Waals surface area (Å²) in [5, 5.41) is 7.25. The standard InChI is InChI=1S/C13H22N2O2/c1-4-5-6-7-16-10-13-8-12(15-17-13)9-14-11(2)3/h4,8,11,14H,1,5-7,9-10H2,2-3H3. The average Bonchev–Trinajstić information content (AvgIpc) is 2.74. The van der Waals surface area contributed by atoms with E-state index in [0.717, 1.165) is 37.4 Å². The molecule has 0 saturated carbocycles. The van der Waals surface area contributed by atoms with Gasteiger partial charge in [-0.3, -0.25) is 0 Å². The molecule has 0 atom stereocenters. The molecule has 0 unspecified atom stereocenters. The molecular weight excluding hydrogens is 216 g/mol. The quantitative estimate of drug-likeness (QED) is 0.530. The second kappa shape index (κ2) is 8.03. The van der Waals surface area contributed by atoms with Crippen molar-refractivity contribution in [3.63, 3.8) is 0 Å². The highest BCUT2D eigenvalue weighted by Crippen LogP contribution is 2.06. The molecule has 0 amide bonds. The molecule has 0 fully saturated rings. The molecule has 1 heterocycles. The zero-order valence-electron chi connectivity index (χ0n) is 10.7. The first kappa shape index (κ1) is 13.9. The van der Waals surface area contributed by atoms with Crippen LogP contribution in [0.5, 0.6) is 0 Å². The summed E-state index contributed by atoms with van der Waals surface area (Å²) in [6.45, 7) is 9.82. The third kappa shape index (κ3) is 6.24. The van der Waals surface area contributed by atoms with Gasteiger partial charge in [-0.25, -0.2) is 0 Å². The van der Waals surface area contributed by atoms with Gasteiger partial charge in [-0.1, -0.05) is 25.1 Å². The van der Waals surface area contributed by atoms with Crippen molar-refractivity contribution in [3.8, 4) is 0 Å². The van der Waals surface area contributed by atoms with Gasteiger partial charge in [0.15, 0.2) is 5.76 Å². The molecule has 0 saturated heterocycles. The van der Waals surface area contributed by atoms with E-state index in [1.165, 1.54) is 0 Å². The summed E-state index contributed by atoms with van der Waals surface area (Å²) < 4.78 is 10.6. The van der Waals surface area contributed by atoms with E-state index in [-0.39, 0.29) is 0 Å². The molecule has 0 aliphatic carbocycles. The maximum atomic E-state index is 5.46. The Hall–Kier alpha value is -1.13. The molecule has 0 spiro atoms. The maximum Gasteiger partial charge on any atom is 0.162 e. The van der Waals surface area contributed by atoms with Gasteiger partial charge in [0, 0.05) is 25.3 Å². The molecule has 1 aromatic heterocycles. The predicted molar refractivity (Wildman–Crippen MR) is 67.6 cm³/mol. The summed E-state index contributed by atoms with van der Waals surface area (Å²) in [6, 6.07) is 2.38. The van der Waals surface area contributed by atoms with Crippen molar-refractivity contribution >= 4 is 0 Å². The molecule has 0 aliphatic heterocycles. The molecular formula is C13H22N2O2. The van der Waals surface area contributed by atoms with E-state index >= 15 is 0 Å². The molecule has 0 aromatic carbocycles. The normalized spacial score (nSPS) is 11.0. The van der Waals surface area contributed by atoms with Gasteiger partial charge in [-0.2, -0.15) is 0 Å². The van der Waals surface area contributed by atoms with E-state index in [4.69, 9.17) is 9.26 Å². The minimum Gasteiger partial charge on any atom is -0.373 e. The van der Waals surface area contributed by atoms with E-state index in [1.807, 2.05) is 12.1 Å². The molecule has 1 rings (SSSR count). The van der Waals surface area contributed by atoms with Gasteiger partial charge in [0.25, 0.3) is 0 Å². The third-order valence-corrected chi connectivity index (χ3v) is 2.24. The minimum atomic E-state index is 0.449. The van der Waals surface area contributed by atoms with Crippen LogP contribution in [0.1, 0.15) is 38.1 Å². The molecule has 0 bridgehead atoms. The van der Waals surface area contributed by atoms with E-state index in [9.17, 15) is 0 Å². The first-order valence-electron chi connectivity index (χ1n) is 6.09. The monoisotopic (exact) mass is 238 g/mol. The highest BCUT2D eigenvalue weighted by molar-refractivity contribution is 5.04. The van der Waals surface area contributed by atoms with Gasteiger partial charge >= 0.3 is 0 Å². The van der Waals surface area contributed by atoms with Crippen LogP contribution in [0.4, 0.5) is 0 Å². The topological polar surface area (TPSA) is 47.3 Å². The van der Waals surface area contributed by atoms with Crippen molar-refractivity contribution in [1.82, 2.24) is 10.5 Å². The number of ether oxygens (including phenoxy) is 1. The van der Waals surface area contributed by atoms with Crippen LogP contribution in [0.2, 0.25) is 0 Å². The highest BCUT2D eigenvalue weighted by Gasteiger charge is 2.04. The highest BCUT2D eigenvalue weighted by atomic mass is 16.5. The number of aromatic nitrogens is 1. The predicted octanol–water partition coefficient (Wildman–Crippen LogP) is 2.66. The summed E-state index contributed by atoms with van der Waals surface area (Å²) in [7, 11) is 0. The number of rotatable bonds is 9. The fraction of sp³-hybridized carbons (Fsp3) is 0.615. The number of unbranched alkanes of at least 4 members (excludes halogenated alkanes) is 1. The maximum absolute atomic E-state index is 5.46. The largest absolute Gasteiger partial charge is 0.373 e. The van der Waals surface area contributed by atoms with Crippen molar-refractivity contribution in [2.24, 2.45) is 0 Å². The van der Waals surface area contributed by atoms with Crippen LogP contribution in [0.25, 0.3) is 0 Å². The van der Waals surface area contributed by atoms with Crippen molar-refractivity contribution in [2.75, 3.05) is 6.61 Å². The fourth-order valence-electron chi connectivity index (χ4n) is 1.32. The number of hydrogen-bond donors (Lipinski definition) is 1. The Balaban J connectivity index is 2.18. The van der Waals surface area contributed by atoms with Crippen LogP contribution in [-0.4, -0.2) is 17.8 Å². The van der Waals surface area contributed by atoms with E-state index in [0.29, 0.717) is 12.6 Å². The molecule has 96 valence electrons. The summed E-state index contributed by atoms with van der Waals surface area (Å²) in [5.41, 5.74) is 0.920. The van der Waals surface area contributed by atoms with Gasteiger partial charge in [-0.15, -0.1) is 6.58 Å². The minimum absolute atomic E-state index is 0.449. The average molecular weight is 238 g/mol. The summed E-state index contributed by atoms with van der Waals surface area (Å²) in [4.78, 5) is 0. The Morgan fingerprint density at radius 1 is 1.59 bits per heavy atom. The lowest BCUT2D eigenvalue weighted by atomic mass is 10.3. The van der Waals surface area contributed by atoms with E-state index in [1.54, 1.807) is 0 Å². The SMILES string of the molecule is C=CCCCOCc1cc(CNC(C)C)no1. The van der Waals surface area contributed by atoms with E-state index in [2.05, 4.69) is 30.9 Å². The first-order valence-corrected chi connectivity index (χ1v) is 6.09. The van der Waals surface area contributed by atoms with E-state index < -0.39 is 0 Å². The van der Waals surface area contributed by atoms with Crippen LogP contribution in [0.3, 0.4) is 0 Å². The molecule has 1 aromatic rings. The zero-order valence-corrected chi connectivity index (χ0v) is 10.7. The number of nitrogens with zero attached hydrogens (tertiary/aromatic N) is 1. The summed E-state index contributed by atoms with van der Waals surface area (Å²) in [5.74, 6) is 0.782. The van der Waals surface area contributed by atoms with Crippen molar-refractivity contribution in [1.29, 1.82) is 0 Å². The Morgan fingerprint density at radius 2 is 2.41 bits per heavy atom. The molecule has 0 radical (unpaired) electrons. The van der Waals surface area contributed by atoms with Crippen LogP contribution in [0, 0.1) is 0 Å².